The molecule has 1 heterocycles. The summed E-state index contributed by atoms with van der Waals surface area (Å²) < 4.78 is 0. The number of piperidine rings is 1. The summed E-state index contributed by atoms with van der Waals surface area (Å²) in [5, 5.41) is 5.65. The van der Waals surface area contributed by atoms with E-state index in [9.17, 15) is 14.4 Å². The Hall–Kier alpha value is -3.35. The second kappa shape index (κ2) is 11.2. The maximum Gasteiger partial charge on any atom is 0.317 e. The summed E-state index contributed by atoms with van der Waals surface area (Å²) in [5.74, 6) is 0.0193. The molecule has 1 fully saturated rings. The van der Waals surface area contributed by atoms with Gasteiger partial charge < -0.3 is 20.4 Å². The molecule has 2 aromatic carbocycles. The summed E-state index contributed by atoms with van der Waals surface area (Å²) in [7, 11) is 1.72. The summed E-state index contributed by atoms with van der Waals surface area (Å²) in [6.45, 7) is 1.91. The van der Waals surface area contributed by atoms with Crippen LogP contribution in [0.1, 0.15) is 36.8 Å². The topological polar surface area (TPSA) is 81.8 Å². The number of hydrogen-bond donors (Lipinski definition) is 2. The third kappa shape index (κ3) is 6.84. The fourth-order valence-corrected chi connectivity index (χ4v) is 3.55. The fourth-order valence-electron chi connectivity index (χ4n) is 3.55. The van der Waals surface area contributed by atoms with Gasteiger partial charge in [-0.05, 0) is 36.1 Å². The molecule has 0 unspecified atom stereocenters. The molecule has 2 N–H and O–H groups in total. The summed E-state index contributed by atoms with van der Waals surface area (Å²) in [6.07, 6.45) is 2.76. The zero-order chi connectivity index (χ0) is 22.1. The molecule has 31 heavy (non-hydrogen) atoms. The number of hydrogen-bond acceptors (Lipinski definition) is 3. The minimum Gasteiger partial charge on any atom is -0.352 e. The summed E-state index contributed by atoms with van der Waals surface area (Å²) in [5.41, 5.74) is 2.87. The van der Waals surface area contributed by atoms with Crippen molar-refractivity contribution in [2.24, 2.45) is 0 Å². The first-order valence-electron chi connectivity index (χ1n) is 10.7. The van der Waals surface area contributed by atoms with Crippen LogP contribution in [0.5, 0.6) is 0 Å². The first-order valence-corrected chi connectivity index (χ1v) is 10.7. The van der Waals surface area contributed by atoms with Gasteiger partial charge in [0.25, 0.3) is 0 Å². The van der Waals surface area contributed by atoms with Gasteiger partial charge in [-0.25, -0.2) is 4.79 Å². The first-order chi connectivity index (χ1) is 15.0. The van der Waals surface area contributed by atoms with Crippen LogP contribution >= 0.6 is 0 Å². The Balaban J connectivity index is 1.39. The number of anilines is 1. The maximum atomic E-state index is 12.2. The average Bonchev–Trinajstić information content (AvgIpc) is 2.79. The lowest BCUT2D eigenvalue weighted by Crippen LogP contribution is -2.38. The van der Waals surface area contributed by atoms with Crippen molar-refractivity contribution < 1.29 is 14.4 Å². The summed E-state index contributed by atoms with van der Waals surface area (Å²) >= 11 is 0. The Morgan fingerprint density at radius 2 is 1.77 bits per heavy atom. The molecule has 0 radical (unpaired) electrons. The van der Waals surface area contributed by atoms with Gasteiger partial charge in [-0.2, -0.15) is 0 Å². The Morgan fingerprint density at radius 3 is 2.55 bits per heavy atom. The Morgan fingerprint density at radius 1 is 1.00 bits per heavy atom. The monoisotopic (exact) mass is 422 g/mol. The first kappa shape index (κ1) is 22.3. The standard InChI is InChI=1S/C24H30N4O3/c1-27(18-19-8-3-2-4-9-19)24(31)25-14-13-22(29)26-17-20-10-7-11-21(16-20)28-15-6-5-12-23(28)30/h2-4,7-11,16H,5-6,12-15,17-18H2,1H3,(H,25,31)(H,26,29). The Bertz CT molecular complexity index is 901. The largest absolute Gasteiger partial charge is 0.352 e. The number of nitrogens with one attached hydrogen (secondary N) is 2. The van der Waals surface area contributed by atoms with E-state index in [2.05, 4.69) is 10.6 Å². The predicted octanol–water partition coefficient (Wildman–Crippen LogP) is 3.05. The molecule has 3 rings (SSSR count). The van der Waals surface area contributed by atoms with Gasteiger partial charge >= 0.3 is 6.03 Å². The third-order valence-electron chi connectivity index (χ3n) is 5.27. The van der Waals surface area contributed by atoms with E-state index in [1.54, 1.807) is 11.9 Å². The molecule has 0 aromatic heterocycles. The molecular weight excluding hydrogens is 392 g/mol. The van der Waals surface area contributed by atoms with Gasteiger partial charge in [-0.1, -0.05) is 42.5 Å². The number of carbonyl (C=O) groups excluding carboxylic acids is 3. The number of rotatable bonds is 8. The van der Waals surface area contributed by atoms with E-state index in [0.717, 1.165) is 36.2 Å². The van der Waals surface area contributed by atoms with Crippen LogP contribution in [-0.2, 0) is 22.7 Å². The highest BCUT2D eigenvalue weighted by Crippen LogP contribution is 2.21. The van der Waals surface area contributed by atoms with E-state index < -0.39 is 0 Å². The van der Waals surface area contributed by atoms with Crippen molar-refractivity contribution in [3.63, 3.8) is 0 Å². The van der Waals surface area contributed by atoms with E-state index in [1.165, 1.54) is 0 Å². The molecule has 1 aliphatic rings. The molecule has 7 nitrogen and oxygen atoms in total. The maximum absolute atomic E-state index is 12.2. The SMILES string of the molecule is CN(Cc1ccccc1)C(=O)NCCC(=O)NCc1cccc(N2CCCCC2=O)c1. The van der Waals surface area contributed by atoms with Crippen LogP contribution in [0.25, 0.3) is 0 Å². The van der Waals surface area contributed by atoms with Crippen molar-refractivity contribution >= 4 is 23.5 Å². The molecule has 4 amide bonds. The summed E-state index contributed by atoms with van der Waals surface area (Å²) in [6, 6.07) is 17.2. The lowest BCUT2D eigenvalue weighted by Gasteiger charge is -2.27. The lowest BCUT2D eigenvalue weighted by atomic mass is 10.1. The number of nitrogens with zero attached hydrogens (tertiary/aromatic N) is 2. The lowest BCUT2D eigenvalue weighted by molar-refractivity contribution is -0.121. The highest BCUT2D eigenvalue weighted by Gasteiger charge is 2.19. The minimum atomic E-state index is -0.212. The van der Waals surface area contributed by atoms with Crippen molar-refractivity contribution in [2.75, 3.05) is 25.0 Å². The minimum absolute atomic E-state index is 0.134. The second-order valence-electron chi connectivity index (χ2n) is 7.77. The molecule has 2 aromatic rings. The van der Waals surface area contributed by atoms with Crippen LogP contribution < -0.4 is 15.5 Å². The smallest absolute Gasteiger partial charge is 0.317 e. The van der Waals surface area contributed by atoms with Gasteiger partial charge in [0.1, 0.15) is 0 Å². The van der Waals surface area contributed by atoms with Gasteiger partial charge in [0.2, 0.25) is 11.8 Å². The molecular formula is C24H30N4O3. The van der Waals surface area contributed by atoms with Gasteiger partial charge in [-0.3, -0.25) is 9.59 Å². The molecule has 0 spiro atoms. The quantitative estimate of drug-likeness (QED) is 0.686. The molecule has 0 saturated carbocycles. The highest BCUT2D eigenvalue weighted by molar-refractivity contribution is 5.94. The van der Waals surface area contributed by atoms with E-state index in [-0.39, 0.29) is 30.8 Å². The van der Waals surface area contributed by atoms with Crippen LogP contribution in [0.15, 0.2) is 54.6 Å². The van der Waals surface area contributed by atoms with Gasteiger partial charge in [-0.15, -0.1) is 0 Å². The zero-order valence-electron chi connectivity index (χ0n) is 18.0. The number of benzene rings is 2. The Kier molecular flexibility index (Phi) is 8.04. The molecule has 1 aliphatic heterocycles. The van der Waals surface area contributed by atoms with Crippen molar-refractivity contribution in [3.8, 4) is 0 Å². The van der Waals surface area contributed by atoms with Crippen LogP contribution in [-0.4, -0.2) is 42.9 Å². The van der Waals surface area contributed by atoms with Crippen LogP contribution in [0.4, 0.5) is 10.5 Å². The van der Waals surface area contributed by atoms with E-state index in [0.29, 0.717) is 19.5 Å². The van der Waals surface area contributed by atoms with Gasteiger partial charge in [0.05, 0.1) is 0 Å². The van der Waals surface area contributed by atoms with E-state index in [1.807, 2.05) is 59.5 Å². The average molecular weight is 423 g/mol. The molecule has 164 valence electrons. The second-order valence-corrected chi connectivity index (χ2v) is 7.77. The molecule has 1 saturated heterocycles. The fraction of sp³-hybridized carbons (Fsp3) is 0.375. The Labute approximate surface area is 183 Å². The molecule has 0 atom stereocenters. The van der Waals surface area contributed by atoms with Crippen LogP contribution in [0.3, 0.4) is 0 Å². The molecule has 7 heteroatoms. The van der Waals surface area contributed by atoms with Crippen LogP contribution in [0, 0.1) is 0 Å². The number of urea groups is 1. The molecule has 0 aliphatic carbocycles. The third-order valence-corrected chi connectivity index (χ3v) is 5.27. The normalized spacial score (nSPS) is 13.6. The zero-order valence-corrected chi connectivity index (χ0v) is 18.0. The van der Waals surface area contributed by atoms with Crippen LogP contribution in [0.2, 0.25) is 0 Å². The summed E-state index contributed by atoms with van der Waals surface area (Å²) in [4.78, 5) is 39.8. The predicted molar refractivity (Wildman–Crippen MR) is 120 cm³/mol. The van der Waals surface area contributed by atoms with Gasteiger partial charge in [0, 0.05) is 51.8 Å². The number of carbonyl (C=O) groups is 3. The van der Waals surface area contributed by atoms with E-state index >= 15 is 0 Å². The highest BCUT2D eigenvalue weighted by atomic mass is 16.2. The van der Waals surface area contributed by atoms with Crippen molar-refractivity contribution in [3.05, 3.63) is 65.7 Å². The molecule has 0 bridgehead atoms. The van der Waals surface area contributed by atoms with Crippen molar-refractivity contribution in [2.45, 2.75) is 38.8 Å². The van der Waals surface area contributed by atoms with Crippen molar-refractivity contribution in [1.82, 2.24) is 15.5 Å². The number of amides is 4. The van der Waals surface area contributed by atoms with E-state index in [4.69, 9.17) is 0 Å². The van der Waals surface area contributed by atoms with Gasteiger partial charge in [0.15, 0.2) is 0 Å². The van der Waals surface area contributed by atoms with Crippen molar-refractivity contribution in [1.29, 1.82) is 0 Å².